The molecule has 1 aromatic carbocycles. The first-order valence-electron chi connectivity index (χ1n) is 4.94. The first kappa shape index (κ1) is 13.9. The third-order valence-electron chi connectivity index (χ3n) is 2.31. The summed E-state index contributed by atoms with van der Waals surface area (Å²) in [5, 5.41) is 10.6. The van der Waals surface area contributed by atoms with Gasteiger partial charge in [-0.3, -0.25) is 0 Å². The lowest BCUT2D eigenvalue weighted by Gasteiger charge is -2.09. The monoisotopic (exact) mass is 321 g/mol. The fourth-order valence-corrected chi connectivity index (χ4v) is 2.39. The van der Waals surface area contributed by atoms with Crippen LogP contribution in [-0.2, 0) is 6.61 Å². The maximum atomic E-state index is 9.09. The number of hydrogen-bond donors (Lipinski definition) is 1. The molecule has 0 aliphatic heterocycles. The van der Waals surface area contributed by atoms with Crippen molar-refractivity contribution in [1.82, 2.24) is 4.98 Å². The van der Waals surface area contributed by atoms with Crippen molar-refractivity contribution in [2.75, 3.05) is 0 Å². The summed E-state index contributed by atoms with van der Waals surface area (Å²) < 4.78 is 0. The van der Waals surface area contributed by atoms with E-state index < -0.39 is 0 Å². The number of rotatable bonds is 2. The van der Waals surface area contributed by atoms with Crippen LogP contribution in [0, 0.1) is 0 Å². The fraction of sp³-hybridized carbons (Fsp3) is 0.0833. The van der Waals surface area contributed by atoms with Gasteiger partial charge in [0, 0.05) is 10.6 Å². The standard InChI is InChI=1S/C12H7Cl4NO/c13-6-3-8(11(16)10(15)4-6)12-9(14)2-1-7(5-18)17-12/h1-4,18H,5H2. The Kier molecular flexibility index (Phi) is 4.36. The second-order valence-corrected chi connectivity index (χ2v) is 5.17. The maximum Gasteiger partial charge on any atom is 0.0908 e. The van der Waals surface area contributed by atoms with Gasteiger partial charge in [0.25, 0.3) is 0 Å². The van der Waals surface area contributed by atoms with Crippen molar-refractivity contribution in [3.63, 3.8) is 0 Å². The van der Waals surface area contributed by atoms with Gasteiger partial charge in [-0.05, 0) is 24.3 Å². The molecule has 18 heavy (non-hydrogen) atoms. The smallest absolute Gasteiger partial charge is 0.0908 e. The highest BCUT2D eigenvalue weighted by molar-refractivity contribution is 6.45. The van der Waals surface area contributed by atoms with Gasteiger partial charge < -0.3 is 5.11 Å². The zero-order chi connectivity index (χ0) is 13.3. The summed E-state index contributed by atoms with van der Waals surface area (Å²) in [6, 6.07) is 6.44. The van der Waals surface area contributed by atoms with Crippen LogP contribution in [0.3, 0.4) is 0 Å². The molecule has 0 unspecified atom stereocenters. The van der Waals surface area contributed by atoms with Crippen LogP contribution < -0.4 is 0 Å². The highest BCUT2D eigenvalue weighted by Crippen LogP contribution is 2.38. The van der Waals surface area contributed by atoms with Crippen molar-refractivity contribution in [2.45, 2.75) is 6.61 Å². The van der Waals surface area contributed by atoms with Gasteiger partial charge in [0.2, 0.25) is 0 Å². The van der Waals surface area contributed by atoms with Gasteiger partial charge in [-0.2, -0.15) is 0 Å². The Bertz CT molecular complexity index is 601. The minimum absolute atomic E-state index is 0.184. The van der Waals surface area contributed by atoms with Crippen molar-refractivity contribution < 1.29 is 5.11 Å². The van der Waals surface area contributed by atoms with Crippen LogP contribution in [-0.4, -0.2) is 10.1 Å². The van der Waals surface area contributed by atoms with Gasteiger partial charge in [0.05, 0.1) is 33.1 Å². The molecule has 0 aliphatic carbocycles. The molecule has 0 amide bonds. The number of nitrogens with zero attached hydrogens (tertiary/aromatic N) is 1. The SMILES string of the molecule is OCc1ccc(Cl)c(-c2cc(Cl)cc(Cl)c2Cl)n1. The van der Waals surface area contributed by atoms with Crippen LogP contribution in [0.15, 0.2) is 24.3 Å². The van der Waals surface area contributed by atoms with E-state index in [0.717, 1.165) is 0 Å². The molecule has 2 rings (SSSR count). The molecular weight excluding hydrogens is 316 g/mol. The van der Waals surface area contributed by atoms with Gasteiger partial charge >= 0.3 is 0 Å². The van der Waals surface area contributed by atoms with E-state index in [1.165, 1.54) is 0 Å². The number of benzene rings is 1. The van der Waals surface area contributed by atoms with Gasteiger partial charge in [-0.1, -0.05) is 46.4 Å². The minimum Gasteiger partial charge on any atom is -0.390 e. The molecule has 6 heteroatoms. The molecule has 0 radical (unpaired) electrons. The summed E-state index contributed by atoms with van der Waals surface area (Å²) >= 11 is 24.1. The van der Waals surface area contributed by atoms with E-state index in [4.69, 9.17) is 51.5 Å². The second-order valence-electron chi connectivity index (χ2n) is 3.54. The predicted molar refractivity (Wildman–Crippen MR) is 75.6 cm³/mol. The normalized spacial score (nSPS) is 10.7. The van der Waals surface area contributed by atoms with E-state index in [-0.39, 0.29) is 6.61 Å². The van der Waals surface area contributed by atoms with E-state index in [9.17, 15) is 0 Å². The lowest BCUT2D eigenvalue weighted by atomic mass is 10.1. The van der Waals surface area contributed by atoms with Gasteiger partial charge in [-0.25, -0.2) is 4.98 Å². The highest BCUT2D eigenvalue weighted by Gasteiger charge is 2.14. The van der Waals surface area contributed by atoms with Crippen LogP contribution in [0.2, 0.25) is 20.1 Å². The van der Waals surface area contributed by atoms with Crippen LogP contribution >= 0.6 is 46.4 Å². The molecule has 2 nitrogen and oxygen atoms in total. The van der Waals surface area contributed by atoms with E-state index in [1.54, 1.807) is 24.3 Å². The highest BCUT2D eigenvalue weighted by atomic mass is 35.5. The van der Waals surface area contributed by atoms with Crippen LogP contribution in [0.4, 0.5) is 0 Å². The predicted octanol–water partition coefficient (Wildman–Crippen LogP) is 4.85. The summed E-state index contributed by atoms with van der Waals surface area (Å²) in [4.78, 5) is 4.22. The van der Waals surface area contributed by atoms with E-state index in [1.807, 2.05) is 0 Å². The molecular formula is C12H7Cl4NO. The van der Waals surface area contributed by atoms with Crippen molar-refractivity contribution in [3.8, 4) is 11.3 Å². The summed E-state index contributed by atoms with van der Waals surface area (Å²) in [7, 11) is 0. The summed E-state index contributed by atoms with van der Waals surface area (Å²) in [6.07, 6.45) is 0. The van der Waals surface area contributed by atoms with Gasteiger partial charge in [0.1, 0.15) is 0 Å². The number of pyridine rings is 1. The van der Waals surface area contributed by atoms with Crippen LogP contribution in [0.1, 0.15) is 5.69 Å². The largest absolute Gasteiger partial charge is 0.390 e. The van der Waals surface area contributed by atoms with Crippen molar-refractivity contribution in [1.29, 1.82) is 0 Å². The van der Waals surface area contributed by atoms with E-state index >= 15 is 0 Å². The van der Waals surface area contributed by atoms with E-state index in [2.05, 4.69) is 4.98 Å². The lowest BCUT2D eigenvalue weighted by Crippen LogP contribution is -1.93. The number of halogens is 4. The summed E-state index contributed by atoms with van der Waals surface area (Å²) in [6.45, 7) is -0.184. The molecule has 2 aromatic rings. The topological polar surface area (TPSA) is 33.1 Å². The van der Waals surface area contributed by atoms with Crippen LogP contribution in [0.25, 0.3) is 11.3 Å². The first-order valence-corrected chi connectivity index (χ1v) is 6.45. The molecule has 0 spiro atoms. The third-order valence-corrected chi connectivity index (χ3v) is 3.64. The zero-order valence-corrected chi connectivity index (χ0v) is 11.9. The van der Waals surface area contributed by atoms with Crippen molar-refractivity contribution in [2.24, 2.45) is 0 Å². The molecule has 1 heterocycles. The quantitative estimate of drug-likeness (QED) is 0.801. The molecule has 1 N–H and O–H groups in total. The van der Waals surface area contributed by atoms with E-state index in [0.29, 0.717) is 37.0 Å². The molecule has 0 aliphatic rings. The molecule has 0 bridgehead atoms. The Morgan fingerprint density at radius 2 is 1.72 bits per heavy atom. The Hall–Kier alpha value is -0.510. The van der Waals surface area contributed by atoms with Crippen LogP contribution in [0.5, 0.6) is 0 Å². The summed E-state index contributed by atoms with van der Waals surface area (Å²) in [5.41, 5.74) is 1.47. The molecule has 0 fully saturated rings. The molecule has 94 valence electrons. The Morgan fingerprint density at radius 3 is 2.39 bits per heavy atom. The molecule has 0 atom stereocenters. The van der Waals surface area contributed by atoms with Crippen molar-refractivity contribution >= 4 is 46.4 Å². The third kappa shape index (κ3) is 2.73. The Morgan fingerprint density at radius 1 is 1.00 bits per heavy atom. The van der Waals surface area contributed by atoms with Gasteiger partial charge in [-0.15, -0.1) is 0 Å². The second kappa shape index (κ2) is 5.64. The number of aliphatic hydroxyl groups is 1. The average Bonchev–Trinajstić information content (AvgIpc) is 2.34. The molecule has 0 saturated heterocycles. The number of aliphatic hydroxyl groups excluding tert-OH is 1. The lowest BCUT2D eigenvalue weighted by molar-refractivity contribution is 0.277. The summed E-state index contributed by atoms with van der Waals surface area (Å²) in [5.74, 6) is 0. The Balaban J connectivity index is 2.68. The first-order chi connectivity index (χ1) is 8.52. The zero-order valence-electron chi connectivity index (χ0n) is 8.92. The number of hydrogen-bond acceptors (Lipinski definition) is 2. The fourth-order valence-electron chi connectivity index (χ4n) is 1.49. The maximum absolute atomic E-state index is 9.09. The number of aromatic nitrogens is 1. The molecule has 1 aromatic heterocycles. The average molecular weight is 323 g/mol. The van der Waals surface area contributed by atoms with Gasteiger partial charge in [0.15, 0.2) is 0 Å². The molecule has 0 saturated carbocycles. The Labute approximate surface area is 124 Å². The van der Waals surface area contributed by atoms with Crippen molar-refractivity contribution in [3.05, 3.63) is 50.0 Å². The minimum atomic E-state index is -0.184.